The van der Waals surface area contributed by atoms with E-state index in [0.29, 0.717) is 11.4 Å². The summed E-state index contributed by atoms with van der Waals surface area (Å²) in [6, 6.07) is 19.7. The molecule has 0 N–H and O–H groups in total. The summed E-state index contributed by atoms with van der Waals surface area (Å²) in [4.78, 5) is 16.1. The summed E-state index contributed by atoms with van der Waals surface area (Å²) in [6.45, 7) is 2.56. The predicted octanol–water partition coefficient (Wildman–Crippen LogP) is 5.22. The molecule has 0 bridgehead atoms. The summed E-state index contributed by atoms with van der Waals surface area (Å²) >= 11 is 1.42. The average Bonchev–Trinajstić information content (AvgIpc) is 3.07. The van der Waals surface area contributed by atoms with Crippen LogP contribution in [-0.2, 0) is 0 Å². The topological polar surface area (TPSA) is 20.3 Å². The zero-order valence-corrected chi connectivity index (χ0v) is 13.5. The summed E-state index contributed by atoms with van der Waals surface area (Å²) in [6.07, 6.45) is 0. The molecule has 1 heterocycles. The Morgan fingerprint density at radius 2 is 1.70 bits per heavy atom. The maximum absolute atomic E-state index is 13.0. The molecular formula is C19H16FNOS. The molecule has 0 aliphatic rings. The fourth-order valence-electron chi connectivity index (χ4n) is 2.41. The Bertz CT molecular complexity index is 796. The van der Waals surface area contributed by atoms with Crippen LogP contribution in [0, 0.1) is 5.82 Å². The van der Waals surface area contributed by atoms with Gasteiger partial charge in [0.1, 0.15) is 5.82 Å². The molecule has 1 amide bonds. The Labute approximate surface area is 138 Å². The number of hydrogen-bond acceptors (Lipinski definition) is 2. The molecule has 0 atom stereocenters. The number of benzene rings is 2. The molecule has 0 aliphatic heterocycles. The quantitative estimate of drug-likeness (QED) is 0.644. The normalized spacial score (nSPS) is 10.5. The third-order valence-corrected chi connectivity index (χ3v) is 4.70. The van der Waals surface area contributed by atoms with E-state index in [1.54, 1.807) is 17.0 Å². The molecule has 0 saturated carbocycles. The van der Waals surface area contributed by atoms with Gasteiger partial charge >= 0.3 is 0 Å². The molecule has 0 aliphatic carbocycles. The Hall–Kier alpha value is -2.46. The highest BCUT2D eigenvalue weighted by Crippen LogP contribution is 2.30. The number of rotatable bonds is 4. The molecule has 2 nitrogen and oxygen atoms in total. The summed E-state index contributed by atoms with van der Waals surface area (Å²) in [5.74, 6) is -0.278. The van der Waals surface area contributed by atoms with Crippen molar-refractivity contribution in [1.82, 2.24) is 0 Å². The van der Waals surface area contributed by atoms with Gasteiger partial charge in [0.15, 0.2) is 0 Å². The third kappa shape index (κ3) is 3.32. The van der Waals surface area contributed by atoms with Crippen molar-refractivity contribution in [1.29, 1.82) is 0 Å². The van der Waals surface area contributed by atoms with Crippen LogP contribution in [0.25, 0.3) is 10.4 Å². The smallest absolute Gasteiger partial charge is 0.268 e. The first kappa shape index (κ1) is 15.4. The van der Waals surface area contributed by atoms with Crippen molar-refractivity contribution in [3.63, 3.8) is 0 Å². The molecule has 2 aromatic carbocycles. The van der Waals surface area contributed by atoms with E-state index in [0.717, 1.165) is 16.1 Å². The zero-order valence-electron chi connectivity index (χ0n) is 12.7. The van der Waals surface area contributed by atoms with Crippen molar-refractivity contribution in [2.45, 2.75) is 6.92 Å². The molecular weight excluding hydrogens is 309 g/mol. The standard InChI is InChI=1S/C19H16FNOS/c1-2-21(16-6-4-3-5-7-16)19(22)18-13-12-17(23-18)14-8-10-15(20)11-9-14/h3-13H,2H2,1H3. The molecule has 0 saturated heterocycles. The van der Waals surface area contributed by atoms with Crippen LogP contribution in [0.2, 0.25) is 0 Å². The highest BCUT2D eigenvalue weighted by atomic mass is 32.1. The van der Waals surface area contributed by atoms with Gasteiger partial charge in [-0.1, -0.05) is 30.3 Å². The van der Waals surface area contributed by atoms with Gasteiger partial charge < -0.3 is 4.90 Å². The van der Waals surface area contributed by atoms with E-state index in [2.05, 4.69) is 0 Å². The molecule has 0 fully saturated rings. The van der Waals surface area contributed by atoms with Gasteiger partial charge in [0.05, 0.1) is 4.88 Å². The molecule has 116 valence electrons. The first-order chi connectivity index (χ1) is 11.2. The van der Waals surface area contributed by atoms with Crippen LogP contribution in [0.4, 0.5) is 10.1 Å². The fourth-order valence-corrected chi connectivity index (χ4v) is 3.37. The number of para-hydroxylation sites is 1. The lowest BCUT2D eigenvalue weighted by Gasteiger charge is -2.20. The van der Waals surface area contributed by atoms with Crippen LogP contribution in [0.15, 0.2) is 66.7 Å². The number of anilines is 1. The molecule has 1 aromatic heterocycles. The Morgan fingerprint density at radius 1 is 1.00 bits per heavy atom. The van der Waals surface area contributed by atoms with Crippen molar-refractivity contribution >= 4 is 22.9 Å². The van der Waals surface area contributed by atoms with Crippen LogP contribution in [0.3, 0.4) is 0 Å². The first-order valence-corrected chi connectivity index (χ1v) is 8.23. The van der Waals surface area contributed by atoms with Crippen molar-refractivity contribution in [2.75, 3.05) is 11.4 Å². The van der Waals surface area contributed by atoms with Crippen molar-refractivity contribution in [2.24, 2.45) is 0 Å². The van der Waals surface area contributed by atoms with Gasteiger partial charge in [-0.2, -0.15) is 0 Å². The van der Waals surface area contributed by atoms with Crippen LogP contribution in [0.1, 0.15) is 16.6 Å². The number of halogens is 1. The number of amides is 1. The molecule has 4 heteroatoms. The minimum Gasteiger partial charge on any atom is -0.308 e. The summed E-state index contributed by atoms with van der Waals surface area (Å²) < 4.78 is 13.0. The first-order valence-electron chi connectivity index (χ1n) is 7.41. The van der Waals surface area contributed by atoms with Gasteiger partial charge in [-0.15, -0.1) is 11.3 Å². The molecule has 0 radical (unpaired) electrons. The monoisotopic (exact) mass is 325 g/mol. The molecule has 0 spiro atoms. The van der Waals surface area contributed by atoms with Gasteiger partial charge in [0.25, 0.3) is 5.91 Å². The van der Waals surface area contributed by atoms with Gasteiger partial charge in [-0.05, 0) is 48.9 Å². The fraction of sp³-hybridized carbons (Fsp3) is 0.105. The van der Waals surface area contributed by atoms with Gasteiger partial charge in [0.2, 0.25) is 0 Å². The SMILES string of the molecule is CCN(C(=O)c1ccc(-c2ccc(F)cc2)s1)c1ccccc1. The molecule has 3 aromatic rings. The van der Waals surface area contributed by atoms with E-state index < -0.39 is 0 Å². The molecule has 3 rings (SSSR count). The summed E-state index contributed by atoms with van der Waals surface area (Å²) in [5.41, 5.74) is 1.80. The third-order valence-electron chi connectivity index (χ3n) is 3.57. The number of carbonyl (C=O) groups is 1. The lowest BCUT2D eigenvalue weighted by Crippen LogP contribution is -2.29. The van der Waals surface area contributed by atoms with E-state index in [9.17, 15) is 9.18 Å². The Balaban J connectivity index is 1.87. The number of nitrogens with zero attached hydrogens (tertiary/aromatic N) is 1. The second-order valence-corrected chi connectivity index (χ2v) is 6.14. The van der Waals surface area contributed by atoms with Crippen molar-refractivity contribution in [3.05, 3.63) is 77.4 Å². The van der Waals surface area contributed by atoms with Gasteiger partial charge in [-0.3, -0.25) is 4.79 Å². The highest BCUT2D eigenvalue weighted by Gasteiger charge is 2.18. The summed E-state index contributed by atoms with van der Waals surface area (Å²) in [5, 5.41) is 0. The number of hydrogen-bond donors (Lipinski definition) is 0. The highest BCUT2D eigenvalue weighted by molar-refractivity contribution is 7.17. The molecule has 0 unspecified atom stereocenters. The number of thiophene rings is 1. The van der Waals surface area contributed by atoms with Crippen LogP contribution >= 0.6 is 11.3 Å². The van der Waals surface area contributed by atoms with E-state index in [1.165, 1.54) is 23.5 Å². The van der Waals surface area contributed by atoms with Crippen molar-refractivity contribution < 1.29 is 9.18 Å². The van der Waals surface area contributed by atoms with E-state index in [4.69, 9.17) is 0 Å². The van der Waals surface area contributed by atoms with E-state index in [1.807, 2.05) is 49.4 Å². The van der Waals surface area contributed by atoms with Crippen LogP contribution < -0.4 is 4.90 Å². The Morgan fingerprint density at radius 3 is 2.35 bits per heavy atom. The Kier molecular flexibility index (Phi) is 4.53. The average molecular weight is 325 g/mol. The largest absolute Gasteiger partial charge is 0.308 e. The zero-order chi connectivity index (χ0) is 16.2. The second kappa shape index (κ2) is 6.75. The predicted molar refractivity (Wildman–Crippen MR) is 93.5 cm³/mol. The minimum absolute atomic E-state index is 0.0166. The minimum atomic E-state index is -0.261. The second-order valence-electron chi connectivity index (χ2n) is 5.06. The van der Waals surface area contributed by atoms with E-state index in [-0.39, 0.29) is 11.7 Å². The van der Waals surface area contributed by atoms with E-state index >= 15 is 0 Å². The van der Waals surface area contributed by atoms with Crippen LogP contribution in [0.5, 0.6) is 0 Å². The van der Waals surface area contributed by atoms with Gasteiger partial charge in [0, 0.05) is 17.1 Å². The maximum Gasteiger partial charge on any atom is 0.268 e. The lowest BCUT2D eigenvalue weighted by molar-refractivity contribution is 0.0992. The maximum atomic E-state index is 13.0. The molecule has 23 heavy (non-hydrogen) atoms. The number of carbonyl (C=O) groups excluding carboxylic acids is 1. The summed E-state index contributed by atoms with van der Waals surface area (Å²) in [7, 11) is 0. The van der Waals surface area contributed by atoms with Crippen LogP contribution in [-0.4, -0.2) is 12.5 Å². The van der Waals surface area contributed by atoms with Crippen molar-refractivity contribution in [3.8, 4) is 10.4 Å². The van der Waals surface area contributed by atoms with Gasteiger partial charge in [-0.25, -0.2) is 4.39 Å². The lowest BCUT2D eigenvalue weighted by atomic mass is 10.2.